The molecule has 0 fully saturated rings. The molecule has 3 aromatic heterocycles. The van der Waals surface area contributed by atoms with Crippen molar-refractivity contribution in [3.05, 3.63) is 59.9 Å². The van der Waals surface area contributed by atoms with E-state index in [1.54, 1.807) is 18.5 Å². The van der Waals surface area contributed by atoms with Crippen LogP contribution in [0, 0.1) is 0 Å². The Kier molecular flexibility index (Phi) is 2.26. The molecule has 4 heteroatoms. The third-order valence-corrected chi connectivity index (χ3v) is 2.60. The van der Waals surface area contributed by atoms with Gasteiger partial charge >= 0.3 is 0 Å². The van der Waals surface area contributed by atoms with Gasteiger partial charge in [0.15, 0.2) is 6.29 Å². The highest BCUT2D eigenvalue weighted by Gasteiger charge is 2.04. The van der Waals surface area contributed by atoms with E-state index < -0.39 is 0 Å². The Morgan fingerprint density at radius 3 is 3.00 bits per heavy atom. The van der Waals surface area contributed by atoms with E-state index in [4.69, 9.17) is 4.42 Å². The third-order valence-electron chi connectivity index (χ3n) is 2.60. The lowest BCUT2D eigenvalue weighted by atomic mass is 10.3. The molecule has 0 unspecified atom stereocenters. The molecule has 3 rings (SSSR count). The zero-order valence-corrected chi connectivity index (χ0v) is 9.04. The highest BCUT2D eigenvalue weighted by Crippen LogP contribution is 2.11. The Balaban J connectivity index is 1.98. The van der Waals surface area contributed by atoms with Crippen LogP contribution in [0.1, 0.15) is 21.8 Å². The van der Waals surface area contributed by atoms with Crippen LogP contribution in [-0.4, -0.2) is 15.7 Å². The Morgan fingerprint density at radius 1 is 1.29 bits per heavy atom. The first-order chi connectivity index (χ1) is 8.35. The molecule has 0 amide bonds. The lowest BCUT2D eigenvalue weighted by molar-refractivity contribution is 0.112. The first-order valence-corrected chi connectivity index (χ1v) is 5.30. The van der Waals surface area contributed by atoms with Gasteiger partial charge in [0, 0.05) is 24.4 Å². The summed E-state index contributed by atoms with van der Waals surface area (Å²) >= 11 is 0. The number of imidazole rings is 1. The fraction of sp³-hybridized carbons (Fsp3) is 0.0769. The second-order valence-electron chi connectivity index (χ2n) is 3.83. The Morgan fingerprint density at radius 2 is 2.24 bits per heavy atom. The van der Waals surface area contributed by atoms with Crippen molar-refractivity contribution in [2.45, 2.75) is 6.42 Å². The minimum absolute atomic E-state index is 0.638. The lowest BCUT2D eigenvalue weighted by Crippen LogP contribution is -1.86. The summed E-state index contributed by atoms with van der Waals surface area (Å²) in [7, 11) is 0. The molecule has 0 N–H and O–H groups in total. The quantitative estimate of drug-likeness (QED) is 0.644. The molecule has 0 saturated heterocycles. The molecule has 3 aromatic rings. The molecule has 17 heavy (non-hydrogen) atoms. The number of carbonyl (C=O) groups is 1. The molecule has 0 aromatic carbocycles. The summed E-state index contributed by atoms with van der Waals surface area (Å²) in [6.07, 6.45) is 6.80. The van der Waals surface area contributed by atoms with E-state index >= 15 is 0 Å². The Labute approximate surface area is 97.5 Å². The number of carbonyl (C=O) groups excluding carboxylic acids is 1. The fourth-order valence-corrected chi connectivity index (χ4v) is 1.81. The van der Waals surface area contributed by atoms with Crippen molar-refractivity contribution in [1.82, 2.24) is 9.38 Å². The SMILES string of the molecule is O=Cc1ccc2nc(Cc3ccco3)cn2c1. The van der Waals surface area contributed by atoms with Crippen LogP contribution in [0.2, 0.25) is 0 Å². The monoisotopic (exact) mass is 226 g/mol. The average molecular weight is 226 g/mol. The molecule has 0 aliphatic heterocycles. The predicted molar refractivity (Wildman–Crippen MR) is 62.1 cm³/mol. The minimum Gasteiger partial charge on any atom is -0.469 e. The van der Waals surface area contributed by atoms with E-state index in [0.29, 0.717) is 12.0 Å². The molecule has 0 aliphatic carbocycles. The van der Waals surface area contributed by atoms with Crippen molar-refractivity contribution in [2.24, 2.45) is 0 Å². The van der Waals surface area contributed by atoms with Crippen LogP contribution in [0.5, 0.6) is 0 Å². The average Bonchev–Trinajstić information content (AvgIpc) is 2.96. The van der Waals surface area contributed by atoms with Crippen LogP contribution < -0.4 is 0 Å². The van der Waals surface area contributed by atoms with Gasteiger partial charge in [-0.15, -0.1) is 0 Å². The van der Waals surface area contributed by atoms with Gasteiger partial charge in [0.2, 0.25) is 0 Å². The summed E-state index contributed by atoms with van der Waals surface area (Å²) < 4.78 is 7.12. The second-order valence-corrected chi connectivity index (χ2v) is 3.83. The number of rotatable bonds is 3. The number of aldehydes is 1. The summed E-state index contributed by atoms with van der Waals surface area (Å²) in [5.74, 6) is 0.879. The summed E-state index contributed by atoms with van der Waals surface area (Å²) in [4.78, 5) is 15.1. The molecular formula is C13H10N2O2. The van der Waals surface area contributed by atoms with Gasteiger partial charge in [0.1, 0.15) is 11.4 Å². The maximum atomic E-state index is 10.7. The van der Waals surface area contributed by atoms with Crippen molar-refractivity contribution in [2.75, 3.05) is 0 Å². The van der Waals surface area contributed by atoms with Crippen molar-refractivity contribution in [3.8, 4) is 0 Å². The van der Waals surface area contributed by atoms with Crippen molar-refractivity contribution in [3.63, 3.8) is 0 Å². The first-order valence-electron chi connectivity index (χ1n) is 5.30. The summed E-state index contributed by atoms with van der Waals surface area (Å²) in [5, 5.41) is 0. The normalized spacial score (nSPS) is 10.8. The van der Waals surface area contributed by atoms with E-state index in [2.05, 4.69) is 4.98 Å². The summed E-state index contributed by atoms with van der Waals surface area (Å²) in [6, 6.07) is 7.36. The molecule has 0 saturated carbocycles. The maximum Gasteiger partial charge on any atom is 0.151 e. The maximum absolute atomic E-state index is 10.7. The summed E-state index contributed by atoms with van der Waals surface area (Å²) in [5.41, 5.74) is 2.39. The Hall–Kier alpha value is -2.36. The second kappa shape index (κ2) is 3.90. The van der Waals surface area contributed by atoms with E-state index in [-0.39, 0.29) is 0 Å². The van der Waals surface area contributed by atoms with Crippen LogP contribution in [0.3, 0.4) is 0 Å². The molecule has 0 spiro atoms. The van der Waals surface area contributed by atoms with Gasteiger partial charge in [-0.1, -0.05) is 0 Å². The van der Waals surface area contributed by atoms with Crippen molar-refractivity contribution >= 4 is 11.9 Å². The Bertz CT molecular complexity index is 653. The zero-order chi connectivity index (χ0) is 11.7. The van der Waals surface area contributed by atoms with Gasteiger partial charge in [0.05, 0.1) is 12.0 Å². The van der Waals surface area contributed by atoms with Gasteiger partial charge in [-0.25, -0.2) is 4.98 Å². The van der Waals surface area contributed by atoms with E-state index in [1.807, 2.05) is 28.8 Å². The molecule has 0 bridgehead atoms. The standard InChI is InChI=1S/C13H10N2O2/c16-9-10-3-4-13-14-11(8-15(13)7-10)6-12-2-1-5-17-12/h1-5,7-9H,6H2. The van der Waals surface area contributed by atoms with Crippen LogP contribution in [0.15, 0.2) is 47.3 Å². The van der Waals surface area contributed by atoms with Gasteiger partial charge in [-0.3, -0.25) is 4.79 Å². The van der Waals surface area contributed by atoms with Gasteiger partial charge in [-0.2, -0.15) is 0 Å². The lowest BCUT2D eigenvalue weighted by Gasteiger charge is -1.92. The summed E-state index contributed by atoms with van der Waals surface area (Å²) in [6.45, 7) is 0. The van der Waals surface area contributed by atoms with Crippen LogP contribution >= 0.6 is 0 Å². The number of aromatic nitrogens is 2. The zero-order valence-electron chi connectivity index (χ0n) is 9.04. The first kappa shape index (κ1) is 9.84. The van der Waals surface area contributed by atoms with Crippen LogP contribution in [-0.2, 0) is 6.42 Å². The molecule has 4 nitrogen and oxygen atoms in total. The van der Waals surface area contributed by atoms with E-state index in [1.165, 1.54) is 0 Å². The third kappa shape index (κ3) is 1.85. The topological polar surface area (TPSA) is 47.5 Å². The van der Waals surface area contributed by atoms with Crippen molar-refractivity contribution < 1.29 is 9.21 Å². The fourth-order valence-electron chi connectivity index (χ4n) is 1.81. The van der Waals surface area contributed by atoms with Gasteiger partial charge < -0.3 is 8.82 Å². The molecule has 0 aliphatic rings. The number of hydrogen-bond donors (Lipinski definition) is 0. The highest BCUT2D eigenvalue weighted by atomic mass is 16.3. The number of hydrogen-bond acceptors (Lipinski definition) is 3. The largest absolute Gasteiger partial charge is 0.469 e. The predicted octanol–water partition coefficient (Wildman–Crippen LogP) is 2.33. The molecule has 3 heterocycles. The van der Waals surface area contributed by atoms with E-state index in [9.17, 15) is 4.79 Å². The van der Waals surface area contributed by atoms with E-state index in [0.717, 1.165) is 23.4 Å². The van der Waals surface area contributed by atoms with Crippen LogP contribution in [0.25, 0.3) is 5.65 Å². The minimum atomic E-state index is 0.638. The smallest absolute Gasteiger partial charge is 0.151 e. The number of fused-ring (bicyclic) bond motifs is 1. The van der Waals surface area contributed by atoms with Gasteiger partial charge in [-0.05, 0) is 24.3 Å². The molecular weight excluding hydrogens is 216 g/mol. The molecule has 0 atom stereocenters. The van der Waals surface area contributed by atoms with Crippen LogP contribution in [0.4, 0.5) is 0 Å². The number of nitrogens with zero attached hydrogens (tertiary/aromatic N) is 2. The van der Waals surface area contributed by atoms with Crippen molar-refractivity contribution in [1.29, 1.82) is 0 Å². The number of pyridine rings is 1. The highest BCUT2D eigenvalue weighted by molar-refractivity contribution is 5.74. The van der Waals surface area contributed by atoms with Gasteiger partial charge in [0.25, 0.3) is 0 Å². The number of furan rings is 1. The molecule has 0 radical (unpaired) electrons. The molecule has 84 valence electrons.